The Labute approximate surface area is 94.6 Å². The van der Waals surface area contributed by atoms with Gasteiger partial charge in [-0.1, -0.05) is 0 Å². The van der Waals surface area contributed by atoms with Gasteiger partial charge in [0.15, 0.2) is 5.66 Å². The Morgan fingerprint density at radius 3 is 2.20 bits per heavy atom. The highest BCUT2D eigenvalue weighted by atomic mass is 35.5. The first-order valence-electron chi connectivity index (χ1n) is 4.40. The average Bonchev–Trinajstić information content (AvgIpc) is 2.28. The van der Waals surface area contributed by atoms with E-state index in [9.17, 15) is 9.36 Å². The van der Waals surface area contributed by atoms with E-state index in [1.807, 2.05) is 0 Å². The van der Waals surface area contributed by atoms with Crippen molar-refractivity contribution in [2.45, 2.75) is 18.5 Å². The summed E-state index contributed by atoms with van der Waals surface area (Å²) in [7, 11) is 0.275. The Kier molecular flexibility index (Phi) is 7.18. The highest BCUT2D eigenvalue weighted by Gasteiger charge is 2.40. The molecule has 0 aromatic carbocycles. The van der Waals surface area contributed by atoms with Gasteiger partial charge < -0.3 is 13.8 Å². The van der Waals surface area contributed by atoms with E-state index in [1.165, 1.54) is 21.3 Å². The lowest BCUT2D eigenvalue weighted by Gasteiger charge is -2.21. The molecular formula is C8H16ClO5P. The van der Waals surface area contributed by atoms with E-state index < -0.39 is 19.2 Å². The zero-order chi connectivity index (χ0) is 11.9. The summed E-state index contributed by atoms with van der Waals surface area (Å²) in [6.07, 6.45) is 0.854. The molecule has 0 amide bonds. The first kappa shape index (κ1) is 14.9. The lowest BCUT2D eigenvalue weighted by Crippen LogP contribution is -2.24. The molecule has 5 nitrogen and oxygen atoms in total. The highest BCUT2D eigenvalue weighted by Crippen LogP contribution is 2.53. The van der Waals surface area contributed by atoms with Gasteiger partial charge in [0.05, 0.1) is 7.11 Å². The van der Waals surface area contributed by atoms with Crippen molar-refractivity contribution in [2.75, 3.05) is 27.2 Å². The molecule has 0 rings (SSSR count). The van der Waals surface area contributed by atoms with Crippen LogP contribution in [0.3, 0.4) is 0 Å². The molecule has 0 N–H and O–H groups in total. The molecule has 0 spiro atoms. The molecule has 0 saturated heterocycles. The number of esters is 1. The van der Waals surface area contributed by atoms with Crippen molar-refractivity contribution in [2.24, 2.45) is 0 Å². The molecule has 0 aromatic rings. The first-order valence-corrected chi connectivity index (χ1v) is 6.55. The van der Waals surface area contributed by atoms with Crippen molar-refractivity contribution in [3.8, 4) is 0 Å². The van der Waals surface area contributed by atoms with E-state index in [0.29, 0.717) is 18.7 Å². The lowest BCUT2D eigenvalue weighted by molar-refractivity contribution is -0.140. The molecule has 0 aromatic heterocycles. The van der Waals surface area contributed by atoms with Crippen LogP contribution in [-0.4, -0.2) is 38.8 Å². The number of rotatable bonds is 7. The van der Waals surface area contributed by atoms with Gasteiger partial charge in [0.2, 0.25) is 0 Å². The number of hydrogen-bond donors (Lipinski definition) is 0. The van der Waals surface area contributed by atoms with Gasteiger partial charge in [-0.15, -0.1) is 11.6 Å². The molecule has 0 bridgehead atoms. The molecule has 0 heterocycles. The number of halogens is 1. The van der Waals surface area contributed by atoms with E-state index in [4.69, 9.17) is 20.6 Å². The molecule has 0 aliphatic heterocycles. The molecule has 0 aliphatic carbocycles. The van der Waals surface area contributed by atoms with Crippen molar-refractivity contribution >= 4 is 25.2 Å². The van der Waals surface area contributed by atoms with Crippen molar-refractivity contribution in [3.63, 3.8) is 0 Å². The Bertz CT molecular complexity index is 237. The molecule has 90 valence electrons. The minimum Gasteiger partial charge on any atom is -0.468 e. The normalized spacial score (nSPS) is 13.6. The number of ether oxygens (including phenoxy) is 1. The fourth-order valence-corrected chi connectivity index (χ4v) is 2.82. The second-order valence-electron chi connectivity index (χ2n) is 2.78. The fraction of sp³-hybridized carbons (Fsp3) is 0.875. The van der Waals surface area contributed by atoms with Crippen LogP contribution in [0.5, 0.6) is 0 Å². The Morgan fingerprint density at radius 2 is 1.87 bits per heavy atom. The van der Waals surface area contributed by atoms with Gasteiger partial charge in [-0.3, -0.25) is 9.36 Å². The standard InChI is InChI=1S/C8H16ClO5P/c1-12-8(10)7(5-4-6-9)15(11,13-2)14-3/h7H,4-6H2,1-3H3. The second kappa shape index (κ2) is 7.23. The minimum absolute atomic E-state index is 0.315. The molecular weight excluding hydrogens is 243 g/mol. The van der Waals surface area contributed by atoms with Crippen molar-refractivity contribution < 1.29 is 23.1 Å². The van der Waals surface area contributed by atoms with Crippen molar-refractivity contribution in [1.29, 1.82) is 0 Å². The van der Waals surface area contributed by atoms with E-state index >= 15 is 0 Å². The molecule has 0 saturated carbocycles. The predicted molar refractivity (Wildman–Crippen MR) is 57.4 cm³/mol. The lowest BCUT2D eigenvalue weighted by atomic mass is 10.2. The quantitative estimate of drug-likeness (QED) is 0.397. The van der Waals surface area contributed by atoms with Gasteiger partial charge in [0.25, 0.3) is 0 Å². The summed E-state index contributed by atoms with van der Waals surface area (Å²) in [6, 6.07) is 0. The number of methoxy groups -OCH3 is 1. The maximum Gasteiger partial charge on any atom is 0.344 e. The summed E-state index contributed by atoms with van der Waals surface area (Å²) in [5, 5.41) is 0. The summed E-state index contributed by atoms with van der Waals surface area (Å²) in [5.74, 6) is -0.229. The number of carbonyl (C=O) groups excluding carboxylic acids is 1. The van der Waals surface area contributed by atoms with Crippen LogP contribution < -0.4 is 0 Å². The zero-order valence-corrected chi connectivity index (χ0v) is 10.7. The topological polar surface area (TPSA) is 61.8 Å². The van der Waals surface area contributed by atoms with Crippen molar-refractivity contribution in [3.05, 3.63) is 0 Å². The van der Waals surface area contributed by atoms with E-state index in [1.54, 1.807) is 0 Å². The third-order valence-corrected chi connectivity index (χ3v) is 4.49. The Hall–Kier alpha value is -0.0900. The van der Waals surface area contributed by atoms with Gasteiger partial charge in [-0.05, 0) is 12.8 Å². The third-order valence-electron chi connectivity index (χ3n) is 1.98. The van der Waals surface area contributed by atoms with Crippen LogP contribution in [0.25, 0.3) is 0 Å². The zero-order valence-electron chi connectivity index (χ0n) is 9.07. The second-order valence-corrected chi connectivity index (χ2v) is 5.59. The predicted octanol–water partition coefficient (Wildman–Crippen LogP) is 2.03. The minimum atomic E-state index is -3.43. The monoisotopic (exact) mass is 258 g/mol. The Balaban J connectivity index is 4.74. The van der Waals surface area contributed by atoms with Gasteiger partial charge in [0, 0.05) is 20.1 Å². The third kappa shape index (κ3) is 4.11. The number of alkyl halides is 1. The summed E-state index contributed by atoms with van der Waals surface area (Å²) >= 11 is 5.51. The molecule has 15 heavy (non-hydrogen) atoms. The molecule has 7 heteroatoms. The molecule has 0 aliphatic rings. The van der Waals surface area contributed by atoms with Crippen LogP contribution in [0.2, 0.25) is 0 Å². The number of carbonyl (C=O) groups is 1. The maximum atomic E-state index is 12.0. The van der Waals surface area contributed by atoms with Crippen LogP contribution in [0.1, 0.15) is 12.8 Å². The van der Waals surface area contributed by atoms with Crippen LogP contribution in [0.15, 0.2) is 0 Å². The summed E-state index contributed by atoms with van der Waals surface area (Å²) < 4.78 is 26.0. The number of hydrogen-bond acceptors (Lipinski definition) is 5. The fourth-order valence-electron chi connectivity index (χ4n) is 1.14. The van der Waals surface area contributed by atoms with E-state index in [2.05, 4.69) is 4.74 Å². The van der Waals surface area contributed by atoms with Crippen LogP contribution in [0.4, 0.5) is 0 Å². The SMILES string of the molecule is COC(=O)C(CCCCl)P(=O)(OC)OC. The van der Waals surface area contributed by atoms with Crippen LogP contribution >= 0.6 is 19.2 Å². The van der Waals surface area contributed by atoms with Crippen molar-refractivity contribution in [1.82, 2.24) is 0 Å². The first-order chi connectivity index (χ1) is 7.05. The average molecular weight is 259 g/mol. The largest absolute Gasteiger partial charge is 0.468 e. The molecule has 0 radical (unpaired) electrons. The summed E-state index contributed by atoms with van der Waals surface area (Å²) in [5.41, 5.74) is -0.906. The molecule has 1 atom stereocenters. The molecule has 1 unspecified atom stereocenters. The summed E-state index contributed by atoms with van der Waals surface area (Å²) in [6.45, 7) is 0. The highest BCUT2D eigenvalue weighted by molar-refractivity contribution is 7.55. The Morgan fingerprint density at radius 1 is 1.33 bits per heavy atom. The van der Waals surface area contributed by atoms with Gasteiger partial charge >= 0.3 is 13.6 Å². The van der Waals surface area contributed by atoms with E-state index in [-0.39, 0.29) is 0 Å². The summed E-state index contributed by atoms with van der Waals surface area (Å²) in [4.78, 5) is 11.4. The van der Waals surface area contributed by atoms with Gasteiger partial charge in [-0.2, -0.15) is 0 Å². The molecule has 0 fully saturated rings. The van der Waals surface area contributed by atoms with Gasteiger partial charge in [-0.25, -0.2) is 0 Å². The van der Waals surface area contributed by atoms with Crippen LogP contribution in [-0.2, 0) is 23.1 Å². The maximum absolute atomic E-state index is 12.0. The smallest absolute Gasteiger partial charge is 0.344 e. The van der Waals surface area contributed by atoms with Crippen LogP contribution in [0, 0.1) is 0 Å². The van der Waals surface area contributed by atoms with E-state index in [0.717, 1.165) is 0 Å². The van der Waals surface area contributed by atoms with Gasteiger partial charge in [0.1, 0.15) is 0 Å².